The summed E-state index contributed by atoms with van der Waals surface area (Å²) in [6, 6.07) is 7.45. The Balaban J connectivity index is 2.31. The molecule has 0 aliphatic carbocycles. The summed E-state index contributed by atoms with van der Waals surface area (Å²) in [5.41, 5.74) is 1.14. The monoisotopic (exact) mass is 365 g/mol. The molecule has 2 rings (SSSR count). The summed E-state index contributed by atoms with van der Waals surface area (Å²) < 4.78 is 0.860. The Morgan fingerprint density at radius 2 is 2.24 bits per heavy atom. The molecule has 0 unspecified atom stereocenters. The minimum atomic E-state index is 0.390. The first-order valence-electron chi connectivity index (χ1n) is 6.37. The second-order valence-corrected chi connectivity index (χ2v) is 5.57. The second-order valence-electron chi connectivity index (χ2n) is 4.24. The van der Waals surface area contributed by atoms with Crippen LogP contribution in [0.4, 0.5) is 17.5 Å². The second kappa shape index (κ2) is 7.25. The standard InChI is InChI=1S/C14H13BrClN5/c1-2-5-18-14-19-8-11(16)13(21-14)20-12-6-10(15)4-3-9(12)7-17/h3-4,6,8H,2,5H2,1H3,(H2,18,19,20,21). The molecule has 7 heteroatoms. The number of nitrogens with zero attached hydrogens (tertiary/aromatic N) is 3. The molecule has 0 bridgehead atoms. The minimum absolute atomic E-state index is 0.390. The van der Waals surface area contributed by atoms with Crippen LogP contribution >= 0.6 is 27.5 Å². The number of hydrogen-bond acceptors (Lipinski definition) is 5. The van der Waals surface area contributed by atoms with Gasteiger partial charge in [-0.15, -0.1) is 0 Å². The van der Waals surface area contributed by atoms with Crippen LogP contribution < -0.4 is 10.6 Å². The number of benzene rings is 1. The molecule has 2 aromatic rings. The molecule has 0 saturated carbocycles. The number of nitriles is 1. The number of anilines is 3. The van der Waals surface area contributed by atoms with Crippen LogP contribution in [0.5, 0.6) is 0 Å². The Bertz CT molecular complexity index is 684. The number of hydrogen-bond donors (Lipinski definition) is 2. The molecule has 0 fully saturated rings. The van der Waals surface area contributed by atoms with Crippen molar-refractivity contribution in [1.82, 2.24) is 9.97 Å². The molecule has 0 atom stereocenters. The zero-order chi connectivity index (χ0) is 15.2. The number of halogens is 2. The molecule has 0 aliphatic rings. The molecule has 0 saturated heterocycles. The van der Waals surface area contributed by atoms with E-state index in [0.717, 1.165) is 17.4 Å². The van der Waals surface area contributed by atoms with Crippen LogP contribution in [-0.4, -0.2) is 16.5 Å². The van der Waals surface area contributed by atoms with E-state index < -0.39 is 0 Å². The number of nitrogens with one attached hydrogen (secondary N) is 2. The van der Waals surface area contributed by atoms with Gasteiger partial charge in [0, 0.05) is 11.0 Å². The zero-order valence-electron chi connectivity index (χ0n) is 11.3. The maximum atomic E-state index is 9.14. The fourth-order valence-electron chi connectivity index (χ4n) is 1.62. The smallest absolute Gasteiger partial charge is 0.224 e. The van der Waals surface area contributed by atoms with E-state index in [1.165, 1.54) is 6.20 Å². The van der Waals surface area contributed by atoms with Gasteiger partial charge in [-0.25, -0.2) is 4.98 Å². The minimum Gasteiger partial charge on any atom is -0.354 e. The van der Waals surface area contributed by atoms with Gasteiger partial charge in [0.05, 0.1) is 17.4 Å². The summed E-state index contributed by atoms with van der Waals surface area (Å²) in [5, 5.41) is 15.7. The lowest BCUT2D eigenvalue weighted by atomic mass is 10.2. The van der Waals surface area contributed by atoms with E-state index >= 15 is 0 Å². The average molecular weight is 367 g/mol. The van der Waals surface area contributed by atoms with Gasteiger partial charge in [-0.05, 0) is 24.6 Å². The van der Waals surface area contributed by atoms with Crippen LogP contribution in [0.25, 0.3) is 0 Å². The van der Waals surface area contributed by atoms with Crippen molar-refractivity contribution < 1.29 is 0 Å². The predicted octanol–water partition coefficient (Wildman–Crippen LogP) is 4.33. The van der Waals surface area contributed by atoms with Gasteiger partial charge in [0.1, 0.15) is 11.1 Å². The number of aromatic nitrogens is 2. The Morgan fingerprint density at radius 3 is 2.95 bits per heavy atom. The third-order valence-electron chi connectivity index (χ3n) is 2.63. The Labute approximate surface area is 136 Å². The normalized spacial score (nSPS) is 10.0. The summed E-state index contributed by atoms with van der Waals surface area (Å²) in [6.45, 7) is 2.84. The fraction of sp³-hybridized carbons (Fsp3) is 0.214. The summed E-state index contributed by atoms with van der Waals surface area (Å²) >= 11 is 9.48. The van der Waals surface area contributed by atoms with E-state index in [-0.39, 0.29) is 0 Å². The SMILES string of the molecule is CCCNc1ncc(Cl)c(Nc2cc(Br)ccc2C#N)n1. The molecule has 1 aromatic heterocycles. The fourth-order valence-corrected chi connectivity index (χ4v) is 2.12. The van der Waals surface area contributed by atoms with Crippen molar-refractivity contribution in [3.63, 3.8) is 0 Å². The van der Waals surface area contributed by atoms with Crippen molar-refractivity contribution in [3.8, 4) is 6.07 Å². The van der Waals surface area contributed by atoms with Crippen molar-refractivity contribution in [1.29, 1.82) is 5.26 Å². The summed E-state index contributed by atoms with van der Waals surface area (Å²) in [4.78, 5) is 8.43. The molecule has 0 aliphatic heterocycles. The molecule has 21 heavy (non-hydrogen) atoms. The van der Waals surface area contributed by atoms with Crippen molar-refractivity contribution in [2.75, 3.05) is 17.2 Å². The van der Waals surface area contributed by atoms with Crippen LogP contribution in [0.2, 0.25) is 5.02 Å². The van der Waals surface area contributed by atoms with Crippen LogP contribution in [0.1, 0.15) is 18.9 Å². The van der Waals surface area contributed by atoms with Crippen molar-refractivity contribution in [2.45, 2.75) is 13.3 Å². The highest BCUT2D eigenvalue weighted by atomic mass is 79.9. The van der Waals surface area contributed by atoms with Gasteiger partial charge < -0.3 is 10.6 Å². The zero-order valence-corrected chi connectivity index (χ0v) is 13.7. The molecular weight excluding hydrogens is 354 g/mol. The lowest BCUT2D eigenvalue weighted by Gasteiger charge is -2.11. The first kappa shape index (κ1) is 15.5. The molecule has 108 valence electrons. The lowest BCUT2D eigenvalue weighted by Crippen LogP contribution is -2.06. The van der Waals surface area contributed by atoms with Gasteiger partial charge in [0.25, 0.3) is 0 Å². The van der Waals surface area contributed by atoms with Gasteiger partial charge in [-0.3, -0.25) is 0 Å². The average Bonchev–Trinajstić information content (AvgIpc) is 2.48. The lowest BCUT2D eigenvalue weighted by molar-refractivity contribution is 0.953. The molecule has 1 aromatic carbocycles. The molecular formula is C14H13BrClN5. The van der Waals surface area contributed by atoms with E-state index in [1.54, 1.807) is 18.2 Å². The Hall–Kier alpha value is -1.84. The van der Waals surface area contributed by atoms with Crippen molar-refractivity contribution in [2.24, 2.45) is 0 Å². The van der Waals surface area contributed by atoms with Gasteiger partial charge >= 0.3 is 0 Å². The topological polar surface area (TPSA) is 73.6 Å². The van der Waals surface area contributed by atoms with Crippen molar-refractivity contribution >= 4 is 45.0 Å². The van der Waals surface area contributed by atoms with Crippen LogP contribution in [0.15, 0.2) is 28.9 Å². The van der Waals surface area contributed by atoms with Gasteiger partial charge in [0.2, 0.25) is 5.95 Å². The maximum absolute atomic E-state index is 9.14. The predicted molar refractivity (Wildman–Crippen MR) is 88.0 cm³/mol. The van der Waals surface area contributed by atoms with E-state index in [1.807, 2.05) is 0 Å². The molecule has 1 heterocycles. The van der Waals surface area contributed by atoms with Gasteiger partial charge in [-0.2, -0.15) is 10.2 Å². The highest BCUT2D eigenvalue weighted by Crippen LogP contribution is 2.27. The van der Waals surface area contributed by atoms with Crippen LogP contribution in [0.3, 0.4) is 0 Å². The molecule has 0 spiro atoms. The molecule has 5 nitrogen and oxygen atoms in total. The molecule has 0 radical (unpaired) electrons. The first-order chi connectivity index (χ1) is 10.1. The Kier molecular flexibility index (Phi) is 5.37. The number of rotatable bonds is 5. The van der Waals surface area contributed by atoms with E-state index in [9.17, 15) is 0 Å². The first-order valence-corrected chi connectivity index (χ1v) is 7.54. The van der Waals surface area contributed by atoms with Crippen molar-refractivity contribution in [3.05, 3.63) is 39.5 Å². The molecule has 2 N–H and O–H groups in total. The van der Waals surface area contributed by atoms with Crippen LogP contribution in [-0.2, 0) is 0 Å². The summed E-state index contributed by atoms with van der Waals surface area (Å²) in [5.74, 6) is 0.956. The molecule has 0 amide bonds. The third kappa shape index (κ3) is 4.06. The highest BCUT2D eigenvalue weighted by molar-refractivity contribution is 9.10. The van der Waals surface area contributed by atoms with Gasteiger partial charge in [0.15, 0.2) is 5.82 Å². The largest absolute Gasteiger partial charge is 0.354 e. The third-order valence-corrected chi connectivity index (χ3v) is 3.40. The quantitative estimate of drug-likeness (QED) is 0.824. The van der Waals surface area contributed by atoms with Gasteiger partial charge in [-0.1, -0.05) is 34.5 Å². The maximum Gasteiger partial charge on any atom is 0.224 e. The van der Waals surface area contributed by atoms with E-state index in [4.69, 9.17) is 16.9 Å². The van der Waals surface area contributed by atoms with E-state index in [0.29, 0.717) is 28.0 Å². The highest BCUT2D eigenvalue weighted by Gasteiger charge is 2.09. The summed E-state index contributed by atoms with van der Waals surface area (Å²) in [7, 11) is 0. The van der Waals surface area contributed by atoms with E-state index in [2.05, 4.69) is 49.5 Å². The Morgan fingerprint density at radius 1 is 1.43 bits per heavy atom. The van der Waals surface area contributed by atoms with Crippen LogP contribution in [0, 0.1) is 11.3 Å². The summed E-state index contributed by atoms with van der Waals surface area (Å²) in [6.07, 6.45) is 2.50.